The molecule has 0 heterocycles. The first-order valence-corrected chi connectivity index (χ1v) is 0. The fourth-order valence-corrected chi connectivity index (χ4v) is 0. The van der Waals surface area contributed by atoms with Crippen LogP contribution < -0.4 is 0 Å². The van der Waals surface area contributed by atoms with Crippen molar-refractivity contribution in [2.24, 2.45) is 0 Å². The molecule has 0 fully saturated rings. The van der Waals surface area contributed by atoms with E-state index >= 15 is 0 Å². The minimum absolute atomic E-state index is 0. The van der Waals surface area contributed by atoms with Crippen molar-refractivity contribution in [3.05, 3.63) is 0 Å². The Hall–Kier alpha value is 3.16. The van der Waals surface area contributed by atoms with Gasteiger partial charge in [-0.15, -0.1) is 0 Å². The van der Waals surface area contributed by atoms with Crippen LogP contribution in [0.15, 0.2) is 0 Å². The van der Waals surface area contributed by atoms with Crippen LogP contribution in [0.25, 0.3) is 0 Å². The molecule has 0 rings (SSSR count). The minimum Gasteiger partial charge on any atom is -3.00 e. The Labute approximate surface area is 97.2 Å². The molecule has 0 aromatic carbocycles. The fraction of sp³-hybridized carbons (Fsp3) is 0. The van der Waals surface area contributed by atoms with Crippen LogP contribution in [-0.2, 0) is 0 Å². The van der Waals surface area contributed by atoms with Crippen LogP contribution in [0.5, 0.6) is 0 Å². The predicted octanol–water partition coefficient (Wildman–Crippen LogP) is -1.90. The zero-order chi connectivity index (χ0) is 0. The maximum atomic E-state index is 0. The first-order chi connectivity index (χ1) is 0. The fourth-order valence-electron chi connectivity index (χ4n) is 0. The first kappa shape index (κ1) is 41.9. The molecule has 0 spiro atoms. The third-order valence-electron chi connectivity index (χ3n) is 0. The second-order valence-electron chi connectivity index (χ2n) is 0. The van der Waals surface area contributed by atoms with E-state index in [2.05, 4.69) is 0 Å². The summed E-state index contributed by atoms with van der Waals surface area (Å²) in [4.78, 5) is 0. The van der Waals surface area contributed by atoms with Crippen molar-refractivity contribution in [1.29, 1.82) is 0 Å². The van der Waals surface area contributed by atoms with Crippen LogP contribution in [-0.4, -0.2) is 98.9 Å². The van der Waals surface area contributed by atoms with Gasteiger partial charge in [0.15, 0.2) is 0 Å². The molecule has 0 atom stereocenters. The second kappa shape index (κ2) is 27.2. The Balaban J connectivity index is 0. The number of rotatable bonds is 0. The molecule has 0 saturated heterocycles. The van der Waals surface area contributed by atoms with Gasteiger partial charge < -0.3 is 35.9 Å². The van der Waals surface area contributed by atoms with E-state index in [9.17, 15) is 0 Å². The minimum atomic E-state index is 0. The van der Waals surface area contributed by atoms with Gasteiger partial charge in [-0.05, 0) is 0 Å². The van der Waals surface area contributed by atoms with E-state index < -0.39 is 0 Å². The van der Waals surface area contributed by atoms with Crippen molar-refractivity contribution >= 4 is 98.9 Å². The Kier molecular flexibility index (Phi) is 228. The van der Waals surface area contributed by atoms with Crippen molar-refractivity contribution in [2.75, 3.05) is 0 Å². The summed E-state index contributed by atoms with van der Waals surface area (Å²) >= 11 is 0. The summed E-state index contributed by atoms with van der Waals surface area (Å²) in [7, 11) is 0. The van der Waals surface area contributed by atoms with Gasteiger partial charge in [0.05, 0.1) is 0 Å². The summed E-state index contributed by atoms with van der Waals surface area (Å²) in [5.74, 6) is 0. The molecule has 0 amide bonds. The average molecular weight is 361 g/mol. The van der Waals surface area contributed by atoms with E-state index in [-0.39, 0.29) is 98.9 Å². The number of hydrogen-bond acceptors (Lipinski definition) is 0. The quantitative estimate of drug-likeness (QED) is 0.442. The maximum Gasteiger partial charge on any atom is 3.00 e. The average Bonchev–Trinajstić information content (AvgIpc) is 0. The maximum absolute atomic E-state index is 0. The van der Waals surface area contributed by atoms with Crippen LogP contribution in [0.1, 0.15) is 0 Å². The smallest absolute Gasteiger partial charge is 3.00 e. The standard InChI is InChI=1S/Al.2As.Ga.In/q+3;2*-3;+3;. The normalized spacial score (nSPS) is 0. The third kappa shape index (κ3) is 19.1. The van der Waals surface area contributed by atoms with Gasteiger partial charge in [-0.3, -0.25) is 0 Å². The summed E-state index contributed by atoms with van der Waals surface area (Å²) < 4.78 is 0. The third-order valence-corrected chi connectivity index (χ3v) is 0. The van der Waals surface area contributed by atoms with Crippen LogP contribution >= 0.6 is 0 Å². The Bertz CT molecular complexity index is 9.61. The van der Waals surface area contributed by atoms with Gasteiger partial charge in [0.1, 0.15) is 0 Å². The van der Waals surface area contributed by atoms with Gasteiger partial charge in [0.2, 0.25) is 0 Å². The van der Waals surface area contributed by atoms with Gasteiger partial charge in [-0.25, -0.2) is 0 Å². The largest absolute Gasteiger partial charge is 3.00 e. The van der Waals surface area contributed by atoms with Gasteiger partial charge in [0.25, 0.3) is 0 Å². The Morgan fingerprint density at radius 2 is 0.800 bits per heavy atom. The monoisotopic (exact) mass is 361 g/mol. The van der Waals surface area contributed by atoms with Crippen molar-refractivity contribution < 1.29 is 0 Å². The molecule has 5 heteroatoms. The van der Waals surface area contributed by atoms with Gasteiger partial charge in [-0.1, -0.05) is 0 Å². The molecule has 19 valence electrons. The van der Waals surface area contributed by atoms with Gasteiger partial charge >= 0.3 is 37.2 Å². The van der Waals surface area contributed by atoms with E-state index in [1.54, 1.807) is 0 Å². The van der Waals surface area contributed by atoms with Crippen molar-refractivity contribution in [2.45, 2.75) is 0 Å². The van der Waals surface area contributed by atoms with E-state index in [4.69, 9.17) is 0 Å². The summed E-state index contributed by atoms with van der Waals surface area (Å²) in [5, 5.41) is 0. The van der Waals surface area contributed by atoms with E-state index in [1.807, 2.05) is 0 Å². The summed E-state index contributed by atoms with van der Waals surface area (Å²) in [6.07, 6.45) is 0. The van der Waals surface area contributed by atoms with Gasteiger partial charge in [0, 0.05) is 25.8 Å². The SMILES string of the molecule is [Al+3].[As-3].[As-3].[Ga+3].[In]. The molecule has 0 bridgehead atoms. The summed E-state index contributed by atoms with van der Waals surface area (Å²) in [6, 6.07) is 0. The zero-order valence-electron chi connectivity index (χ0n) is 2.63. The van der Waals surface area contributed by atoms with Crippen molar-refractivity contribution in [1.82, 2.24) is 0 Å². The predicted molar refractivity (Wildman–Crippen MR) is 28.8 cm³/mol. The molecule has 0 aliphatic rings. The molecule has 0 aromatic heterocycles. The molecular formula is AlAs2GaIn. The molecular weight excluding hydrogens is 361 g/mol. The molecule has 0 aliphatic carbocycles. The van der Waals surface area contributed by atoms with Gasteiger partial charge in [-0.2, -0.15) is 0 Å². The summed E-state index contributed by atoms with van der Waals surface area (Å²) in [5.41, 5.74) is 0. The van der Waals surface area contributed by atoms with Crippen LogP contribution in [0.4, 0.5) is 0 Å². The van der Waals surface area contributed by atoms with Crippen LogP contribution in [0, 0.1) is 0 Å². The second-order valence-corrected chi connectivity index (χ2v) is 0. The van der Waals surface area contributed by atoms with Crippen LogP contribution in [0.3, 0.4) is 0 Å². The first-order valence-electron chi connectivity index (χ1n) is 0. The molecule has 0 saturated carbocycles. The molecule has 0 nitrogen and oxygen atoms in total. The van der Waals surface area contributed by atoms with E-state index in [1.165, 1.54) is 0 Å². The Morgan fingerprint density at radius 1 is 0.800 bits per heavy atom. The van der Waals surface area contributed by atoms with E-state index in [0.717, 1.165) is 0 Å². The van der Waals surface area contributed by atoms with Crippen LogP contribution in [0.2, 0.25) is 0 Å². The molecule has 5 heavy (non-hydrogen) atoms. The molecule has 3 radical (unpaired) electrons. The van der Waals surface area contributed by atoms with Crippen molar-refractivity contribution in [3.8, 4) is 0 Å². The Morgan fingerprint density at radius 3 is 0.800 bits per heavy atom. The summed E-state index contributed by atoms with van der Waals surface area (Å²) in [6.45, 7) is 0. The zero-order valence-corrected chi connectivity index (χ0v) is 13.3. The molecule has 0 unspecified atom stereocenters. The topological polar surface area (TPSA) is 0 Å². The van der Waals surface area contributed by atoms with E-state index in [0.29, 0.717) is 0 Å². The number of hydrogen-bond donors (Lipinski definition) is 0. The molecule has 0 N–H and O–H groups in total. The van der Waals surface area contributed by atoms with Crippen molar-refractivity contribution in [3.63, 3.8) is 0 Å². The molecule has 0 aromatic rings. The molecule has 0 aliphatic heterocycles.